The van der Waals surface area contributed by atoms with Gasteiger partial charge >= 0.3 is 0 Å². The predicted molar refractivity (Wildman–Crippen MR) is 140 cm³/mol. The largest absolute Gasteiger partial charge is 0.480 e. The summed E-state index contributed by atoms with van der Waals surface area (Å²) in [6, 6.07) is 6.50. The highest BCUT2D eigenvalue weighted by Gasteiger charge is 2.24. The van der Waals surface area contributed by atoms with E-state index in [-0.39, 0.29) is 18.4 Å². The van der Waals surface area contributed by atoms with Gasteiger partial charge in [0, 0.05) is 44.8 Å². The second kappa shape index (κ2) is 14.1. The van der Waals surface area contributed by atoms with Gasteiger partial charge < -0.3 is 25.5 Å². The molecule has 1 amide bonds. The van der Waals surface area contributed by atoms with E-state index in [2.05, 4.69) is 26.7 Å². The van der Waals surface area contributed by atoms with Crippen LogP contribution in [-0.4, -0.2) is 83.3 Å². The van der Waals surface area contributed by atoms with Crippen molar-refractivity contribution in [2.45, 2.75) is 69.9 Å². The number of benzene rings is 1. The predicted octanol–water partition coefficient (Wildman–Crippen LogP) is 2.12. The SMILES string of the molecule is CNC(=O)C(CCC=O)Oc1ccc(C2CCN(CCCS(=O)N3CCC(N)CC3)CC2)cc1C. The van der Waals surface area contributed by atoms with Crippen LogP contribution in [0.2, 0.25) is 0 Å². The second-order valence-corrected chi connectivity index (χ2v) is 11.3. The number of nitrogens with two attached hydrogens (primary N) is 1. The van der Waals surface area contributed by atoms with Crippen molar-refractivity contribution in [3.05, 3.63) is 29.3 Å². The van der Waals surface area contributed by atoms with Crippen molar-refractivity contribution >= 4 is 23.2 Å². The molecule has 35 heavy (non-hydrogen) atoms. The summed E-state index contributed by atoms with van der Waals surface area (Å²) in [4.78, 5) is 25.3. The number of rotatable bonds is 12. The van der Waals surface area contributed by atoms with Gasteiger partial charge in [-0.25, -0.2) is 8.51 Å². The maximum Gasteiger partial charge on any atom is 0.260 e. The molecule has 0 aromatic heterocycles. The van der Waals surface area contributed by atoms with Gasteiger partial charge in [-0.3, -0.25) is 4.79 Å². The number of carbonyl (C=O) groups excluding carboxylic acids is 2. The van der Waals surface area contributed by atoms with Gasteiger partial charge in [0.15, 0.2) is 6.10 Å². The van der Waals surface area contributed by atoms with E-state index in [0.29, 0.717) is 18.1 Å². The third-order valence-corrected chi connectivity index (χ3v) is 8.77. The van der Waals surface area contributed by atoms with Gasteiger partial charge in [-0.2, -0.15) is 0 Å². The number of aryl methyl sites for hydroxylation is 1. The second-order valence-electron chi connectivity index (χ2n) is 9.75. The van der Waals surface area contributed by atoms with Crippen molar-refractivity contribution in [3.8, 4) is 5.75 Å². The van der Waals surface area contributed by atoms with Crippen molar-refractivity contribution in [1.29, 1.82) is 0 Å². The summed E-state index contributed by atoms with van der Waals surface area (Å²) >= 11 is 0. The van der Waals surface area contributed by atoms with Crippen LogP contribution in [0.3, 0.4) is 0 Å². The quantitative estimate of drug-likeness (QED) is 0.421. The lowest BCUT2D eigenvalue weighted by Crippen LogP contribution is -2.41. The Morgan fingerprint density at radius 1 is 1.23 bits per heavy atom. The molecule has 2 atom stereocenters. The number of hydrogen-bond donors (Lipinski definition) is 2. The Hall–Kier alpha value is -1.81. The molecule has 8 nitrogen and oxygen atoms in total. The number of nitrogens with one attached hydrogen (secondary N) is 1. The summed E-state index contributed by atoms with van der Waals surface area (Å²) in [5.41, 5.74) is 8.27. The smallest absolute Gasteiger partial charge is 0.260 e. The average molecular weight is 507 g/mol. The topological polar surface area (TPSA) is 105 Å². The number of aldehydes is 1. The highest BCUT2D eigenvalue weighted by molar-refractivity contribution is 7.82. The molecule has 0 spiro atoms. The van der Waals surface area contributed by atoms with Gasteiger partial charge in [-0.05, 0) is 81.8 Å². The van der Waals surface area contributed by atoms with E-state index in [1.165, 1.54) is 5.56 Å². The van der Waals surface area contributed by atoms with Crippen LogP contribution in [0.5, 0.6) is 5.75 Å². The first-order chi connectivity index (χ1) is 16.9. The zero-order valence-corrected chi connectivity index (χ0v) is 22.1. The van der Waals surface area contributed by atoms with E-state index in [0.717, 1.165) is 82.4 Å². The molecule has 2 saturated heterocycles. The molecule has 2 aliphatic heterocycles. The molecular weight excluding hydrogens is 464 g/mol. The molecule has 2 fully saturated rings. The van der Waals surface area contributed by atoms with Gasteiger partial charge in [-0.1, -0.05) is 12.1 Å². The van der Waals surface area contributed by atoms with E-state index in [4.69, 9.17) is 10.5 Å². The lowest BCUT2D eigenvalue weighted by Gasteiger charge is -2.33. The molecule has 0 saturated carbocycles. The molecule has 0 bridgehead atoms. The molecule has 2 heterocycles. The zero-order valence-electron chi connectivity index (χ0n) is 21.2. The number of ether oxygens (including phenoxy) is 1. The molecule has 9 heteroatoms. The van der Waals surface area contributed by atoms with Crippen molar-refractivity contribution in [1.82, 2.24) is 14.5 Å². The summed E-state index contributed by atoms with van der Waals surface area (Å²) in [5.74, 6) is 1.72. The summed E-state index contributed by atoms with van der Waals surface area (Å²) in [7, 11) is 0.695. The van der Waals surface area contributed by atoms with Crippen LogP contribution < -0.4 is 15.8 Å². The summed E-state index contributed by atoms with van der Waals surface area (Å²) in [5, 5.41) is 2.61. The van der Waals surface area contributed by atoms with E-state index < -0.39 is 17.1 Å². The summed E-state index contributed by atoms with van der Waals surface area (Å²) in [6.45, 7) is 6.82. The fraction of sp³-hybridized carbons (Fsp3) is 0.692. The third kappa shape index (κ3) is 8.37. The molecule has 0 aliphatic carbocycles. The van der Waals surface area contributed by atoms with Crippen molar-refractivity contribution in [2.75, 3.05) is 45.5 Å². The number of carbonyl (C=O) groups is 2. The minimum Gasteiger partial charge on any atom is -0.480 e. The highest BCUT2D eigenvalue weighted by atomic mass is 32.2. The van der Waals surface area contributed by atoms with Crippen LogP contribution in [0.1, 0.15) is 62.0 Å². The Kier molecular flexibility index (Phi) is 11.2. The fourth-order valence-corrected chi connectivity index (χ4v) is 6.20. The van der Waals surface area contributed by atoms with Gasteiger partial charge in [0.25, 0.3) is 5.91 Å². The van der Waals surface area contributed by atoms with E-state index in [1.54, 1.807) is 7.05 Å². The zero-order chi connectivity index (χ0) is 25.2. The number of nitrogens with zero attached hydrogens (tertiary/aromatic N) is 2. The van der Waals surface area contributed by atoms with Gasteiger partial charge in [-0.15, -0.1) is 0 Å². The Morgan fingerprint density at radius 3 is 2.57 bits per heavy atom. The maximum atomic E-state index is 12.5. The standard InChI is InChI=1S/C26H42N4O4S/c1-20-19-22(6-7-24(20)34-25(5-3-17-31)26(32)28-2)21-8-13-29(14-9-21)12-4-18-35(33)30-15-10-23(27)11-16-30/h6-7,17,19,21,23,25H,3-5,8-16,18,27H2,1-2H3,(H,28,32). The first-order valence-corrected chi connectivity index (χ1v) is 14.2. The lowest BCUT2D eigenvalue weighted by atomic mass is 9.88. The molecule has 3 rings (SSSR count). The molecule has 2 unspecified atom stereocenters. The van der Waals surface area contributed by atoms with Crippen molar-refractivity contribution in [3.63, 3.8) is 0 Å². The summed E-state index contributed by atoms with van der Waals surface area (Å²) < 4.78 is 20.6. The Balaban J connectivity index is 1.43. The summed E-state index contributed by atoms with van der Waals surface area (Å²) in [6.07, 6.45) is 5.85. The Morgan fingerprint density at radius 2 is 1.94 bits per heavy atom. The Labute approximate surface area is 212 Å². The molecule has 1 aromatic carbocycles. The van der Waals surface area contributed by atoms with E-state index in [1.807, 2.05) is 13.0 Å². The minimum absolute atomic E-state index is 0.216. The van der Waals surface area contributed by atoms with Gasteiger partial charge in [0.1, 0.15) is 12.0 Å². The first kappa shape index (κ1) is 27.8. The van der Waals surface area contributed by atoms with Crippen LogP contribution >= 0.6 is 0 Å². The molecule has 3 N–H and O–H groups in total. The molecule has 196 valence electrons. The van der Waals surface area contributed by atoms with Gasteiger partial charge in [0.05, 0.1) is 11.0 Å². The average Bonchev–Trinajstić information content (AvgIpc) is 2.87. The van der Waals surface area contributed by atoms with Crippen molar-refractivity contribution in [2.24, 2.45) is 5.73 Å². The normalized spacial score (nSPS) is 20.3. The molecular formula is C26H42N4O4S. The van der Waals surface area contributed by atoms with E-state index >= 15 is 0 Å². The number of likely N-dealkylation sites (N-methyl/N-ethyl adjacent to an activating group) is 1. The maximum absolute atomic E-state index is 12.5. The van der Waals surface area contributed by atoms with Crippen LogP contribution in [-0.2, 0) is 20.6 Å². The number of amides is 1. The van der Waals surface area contributed by atoms with Gasteiger partial charge in [0.2, 0.25) is 0 Å². The number of hydrogen-bond acceptors (Lipinski definition) is 6. The van der Waals surface area contributed by atoms with Crippen LogP contribution in [0.15, 0.2) is 18.2 Å². The van der Waals surface area contributed by atoms with Crippen LogP contribution in [0.4, 0.5) is 0 Å². The van der Waals surface area contributed by atoms with Crippen LogP contribution in [0.25, 0.3) is 0 Å². The number of likely N-dealkylation sites (tertiary alicyclic amines) is 1. The van der Waals surface area contributed by atoms with Crippen molar-refractivity contribution < 1.29 is 18.5 Å². The van der Waals surface area contributed by atoms with E-state index in [9.17, 15) is 13.8 Å². The highest BCUT2D eigenvalue weighted by Crippen LogP contribution is 2.31. The fourth-order valence-electron chi connectivity index (χ4n) is 4.95. The number of piperidine rings is 2. The molecule has 1 aromatic rings. The minimum atomic E-state index is -0.881. The first-order valence-electron chi connectivity index (χ1n) is 12.9. The molecule has 2 aliphatic rings. The van der Waals surface area contributed by atoms with Crippen LogP contribution in [0, 0.1) is 6.92 Å². The third-order valence-electron chi connectivity index (χ3n) is 7.19. The Bertz CT molecular complexity index is 852. The lowest BCUT2D eigenvalue weighted by molar-refractivity contribution is -0.127. The molecule has 0 radical (unpaired) electrons. The monoisotopic (exact) mass is 506 g/mol.